The second-order valence-electron chi connectivity index (χ2n) is 6.84. The number of ether oxygens (including phenoxy) is 2. The molecule has 7 nitrogen and oxygen atoms in total. The summed E-state index contributed by atoms with van der Waals surface area (Å²) in [5.41, 5.74) is 0. The van der Waals surface area contributed by atoms with Crippen molar-refractivity contribution < 1.29 is 26.3 Å². The van der Waals surface area contributed by atoms with Gasteiger partial charge in [-0.2, -0.15) is 0 Å². The van der Waals surface area contributed by atoms with E-state index in [2.05, 4.69) is 4.98 Å². The van der Waals surface area contributed by atoms with Gasteiger partial charge in [0.15, 0.2) is 0 Å². The largest absolute Gasteiger partial charge is 0.497 e. The fourth-order valence-corrected chi connectivity index (χ4v) is 6.28. The minimum Gasteiger partial charge on any atom is -0.497 e. The number of aromatic nitrogens is 1. The molecule has 0 saturated carbocycles. The zero-order chi connectivity index (χ0) is 22.9. The molecule has 9 heteroatoms. The molecule has 3 aromatic carbocycles. The van der Waals surface area contributed by atoms with Crippen LogP contribution >= 0.6 is 0 Å². The number of fused-ring (bicyclic) bond motifs is 1. The monoisotopic (exact) mass is 469 g/mol. The summed E-state index contributed by atoms with van der Waals surface area (Å²) in [5, 5.41) is 0.489. The van der Waals surface area contributed by atoms with E-state index in [0.29, 0.717) is 11.5 Å². The summed E-state index contributed by atoms with van der Waals surface area (Å²) < 4.78 is 63.5. The number of methoxy groups -OCH3 is 2. The molecular weight excluding hydrogens is 450 g/mol. The first-order chi connectivity index (χ1) is 15.3. The highest BCUT2D eigenvalue weighted by Gasteiger charge is 2.26. The third-order valence-electron chi connectivity index (χ3n) is 5.06. The summed E-state index contributed by atoms with van der Waals surface area (Å²) in [6.07, 6.45) is 2.79. The lowest BCUT2D eigenvalue weighted by molar-refractivity contribution is 0.414. The summed E-state index contributed by atoms with van der Waals surface area (Å²) in [6, 6.07) is 16.1. The Labute approximate surface area is 186 Å². The summed E-state index contributed by atoms with van der Waals surface area (Å²) in [4.78, 5) is 4.13. The summed E-state index contributed by atoms with van der Waals surface area (Å²) in [6.45, 7) is 0. The molecule has 4 aromatic rings. The molecule has 0 spiro atoms. The van der Waals surface area contributed by atoms with Crippen molar-refractivity contribution in [3.8, 4) is 11.5 Å². The van der Waals surface area contributed by atoms with Crippen LogP contribution in [-0.4, -0.2) is 36.0 Å². The van der Waals surface area contributed by atoms with Crippen LogP contribution in [0.3, 0.4) is 0 Å². The van der Waals surface area contributed by atoms with Crippen molar-refractivity contribution in [2.24, 2.45) is 0 Å². The second-order valence-corrected chi connectivity index (χ2v) is 10.7. The van der Waals surface area contributed by atoms with Crippen LogP contribution in [0.1, 0.15) is 0 Å². The van der Waals surface area contributed by atoms with Gasteiger partial charge in [-0.05, 0) is 66.7 Å². The van der Waals surface area contributed by atoms with E-state index in [1.807, 2.05) is 0 Å². The van der Waals surface area contributed by atoms with Crippen LogP contribution in [-0.2, 0) is 19.7 Å². The van der Waals surface area contributed by atoms with Gasteiger partial charge in [-0.25, -0.2) is 16.8 Å². The molecule has 32 heavy (non-hydrogen) atoms. The number of sulfone groups is 2. The van der Waals surface area contributed by atoms with Crippen molar-refractivity contribution in [2.45, 2.75) is 19.6 Å². The lowest BCUT2D eigenvalue weighted by Crippen LogP contribution is -2.07. The highest BCUT2D eigenvalue weighted by atomic mass is 32.2. The molecule has 0 bridgehead atoms. The fourth-order valence-electron chi connectivity index (χ4n) is 3.37. The zero-order valence-corrected chi connectivity index (χ0v) is 18.9. The number of rotatable bonds is 6. The molecule has 1 aromatic heterocycles. The zero-order valence-electron chi connectivity index (χ0n) is 17.2. The van der Waals surface area contributed by atoms with Gasteiger partial charge in [0, 0.05) is 23.2 Å². The Bertz CT molecular complexity index is 1380. The third-order valence-corrected chi connectivity index (χ3v) is 8.71. The normalized spacial score (nSPS) is 11.9. The smallest absolute Gasteiger partial charge is 0.207 e. The predicted molar refractivity (Wildman–Crippen MR) is 119 cm³/mol. The van der Waals surface area contributed by atoms with Gasteiger partial charge in [-0.1, -0.05) is 0 Å². The van der Waals surface area contributed by atoms with Crippen molar-refractivity contribution in [1.82, 2.24) is 4.98 Å². The van der Waals surface area contributed by atoms with Crippen molar-refractivity contribution in [2.75, 3.05) is 14.2 Å². The maximum absolute atomic E-state index is 13.3. The first kappa shape index (κ1) is 21.8. The van der Waals surface area contributed by atoms with Gasteiger partial charge in [0.2, 0.25) is 19.7 Å². The Morgan fingerprint density at radius 3 is 1.47 bits per heavy atom. The molecule has 1 heterocycles. The van der Waals surface area contributed by atoms with Crippen molar-refractivity contribution in [3.63, 3.8) is 0 Å². The van der Waals surface area contributed by atoms with E-state index in [4.69, 9.17) is 9.47 Å². The molecule has 0 aliphatic carbocycles. The molecular formula is C23H19NO6S2. The number of benzene rings is 3. The Hall–Kier alpha value is -3.43. The minimum absolute atomic E-state index is 0.00579. The fraction of sp³-hybridized carbons (Fsp3) is 0.0870. The average Bonchev–Trinajstić information content (AvgIpc) is 2.83. The van der Waals surface area contributed by atoms with Gasteiger partial charge in [0.25, 0.3) is 0 Å². The number of hydrogen-bond acceptors (Lipinski definition) is 7. The molecule has 0 saturated heterocycles. The lowest BCUT2D eigenvalue weighted by atomic mass is 10.2. The van der Waals surface area contributed by atoms with Gasteiger partial charge >= 0.3 is 0 Å². The molecule has 0 unspecified atom stereocenters. The highest BCUT2D eigenvalue weighted by Crippen LogP contribution is 2.34. The van der Waals surface area contributed by atoms with Gasteiger partial charge in [0.1, 0.15) is 11.5 Å². The maximum atomic E-state index is 13.3. The Kier molecular flexibility index (Phi) is 5.62. The average molecular weight is 470 g/mol. The van der Waals surface area contributed by atoms with E-state index in [9.17, 15) is 16.8 Å². The Morgan fingerprint density at radius 1 is 0.594 bits per heavy atom. The van der Waals surface area contributed by atoms with E-state index in [-0.39, 0.29) is 30.4 Å². The minimum atomic E-state index is -3.93. The maximum Gasteiger partial charge on any atom is 0.207 e. The molecule has 0 aliphatic heterocycles. The molecule has 0 radical (unpaired) electrons. The van der Waals surface area contributed by atoms with Crippen molar-refractivity contribution in [3.05, 3.63) is 79.1 Å². The van der Waals surface area contributed by atoms with Crippen LogP contribution in [0.25, 0.3) is 10.8 Å². The number of hydrogen-bond donors (Lipinski definition) is 0. The van der Waals surface area contributed by atoms with Gasteiger partial charge in [-0.15, -0.1) is 0 Å². The van der Waals surface area contributed by atoms with Crippen molar-refractivity contribution in [1.29, 1.82) is 0 Å². The van der Waals surface area contributed by atoms with E-state index in [0.717, 1.165) is 0 Å². The highest BCUT2D eigenvalue weighted by molar-refractivity contribution is 7.92. The summed E-state index contributed by atoms with van der Waals surface area (Å²) in [7, 11) is -4.87. The molecule has 0 N–H and O–H groups in total. The summed E-state index contributed by atoms with van der Waals surface area (Å²) in [5.74, 6) is 1.05. The Morgan fingerprint density at radius 2 is 1.03 bits per heavy atom. The lowest BCUT2D eigenvalue weighted by Gasteiger charge is -2.13. The van der Waals surface area contributed by atoms with E-state index in [1.165, 1.54) is 69.1 Å². The molecule has 4 rings (SSSR count). The molecule has 0 fully saturated rings. The molecule has 0 amide bonds. The van der Waals surface area contributed by atoms with Crippen LogP contribution in [0, 0.1) is 0 Å². The van der Waals surface area contributed by atoms with Crippen LogP contribution in [0.15, 0.2) is 98.7 Å². The van der Waals surface area contributed by atoms with E-state index < -0.39 is 19.7 Å². The standard InChI is InChI=1S/C23H19NO6S2/c1-29-16-3-7-18(8-4-16)31(25,26)22-11-12-23(21-15-24-14-13-20(21)22)32(27,28)19-9-5-17(30-2)6-10-19/h3-15H,1-2H3. The molecule has 164 valence electrons. The Balaban J connectivity index is 1.89. The number of nitrogens with zero attached hydrogens (tertiary/aromatic N) is 1. The quantitative estimate of drug-likeness (QED) is 0.422. The third kappa shape index (κ3) is 3.69. The van der Waals surface area contributed by atoms with Crippen LogP contribution in [0.4, 0.5) is 0 Å². The second kappa shape index (κ2) is 8.25. The van der Waals surface area contributed by atoms with Gasteiger partial charge < -0.3 is 9.47 Å². The van der Waals surface area contributed by atoms with Crippen LogP contribution in [0.5, 0.6) is 11.5 Å². The topological polar surface area (TPSA) is 99.6 Å². The predicted octanol–water partition coefficient (Wildman–Crippen LogP) is 3.92. The summed E-state index contributed by atoms with van der Waals surface area (Å²) >= 11 is 0. The van der Waals surface area contributed by atoms with E-state index in [1.54, 1.807) is 24.3 Å². The van der Waals surface area contributed by atoms with Gasteiger partial charge in [0.05, 0.1) is 33.8 Å². The van der Waals surface area contributed by atoms with E-state index >= 15 is 0 Å². The first-order valence-corrected chi connectivity index (χ1v) is 12.4. The number of pyridine rings is 1. The molecule has 0 aliphatic rings. The van der Waals surface area contributed by atoms with Crippen molar-refractivity contribution >= 4 is 30.4 Å². The van der Waals surface area contributed by atoms with Crippen LogP contribution < -0.4 is 9.47 Å². The van der Waals surface area contributed by atoms with Gasteiger partial charge in [-0.3, -0.25) is 4.98 Å². The SMILES string of the molecule is COc1ccc(S(=O)(=O)c2ccc(S(=O)(=O)c3ccc(OC)cc3)c3cnccc23)cc1. The van der Waals surface area contributed by atoms with Crippen LogP contribution in [0.2, 0.25) is 0 Å². The molecule has 0 atom stereocenters. The first-order valence-electron chi connectivity index (χ1n) is 9.44.